The van der Waals surface area contributed by atoms with Crippen molar-refractivity contribution in [2.24, 2.45) is 5.41 Å². The van der Waals surface area contributed by atoms with Gasteiger partial charge in [-0.2, -0.15) is 0 Å². The van der Waals surface area contributed by atoms with Crippen LogP contribution in [0.3, 0.4) is 0 Å². The van der Waals surface area contributed by atoms with Crippen molar-refractivity contribution in [3.05, 3.63) is 0 Å². The number of hydrogen-bond donors (Lipinski definition) is 0. The lowest BCUT2D eigenvalue weighted by molar-refractivity contribution is -0.0472. The molecule has 0 aromatic heterocycles. The summed E-state index contributed by atoms with van der Waals surface area (Å²) in [4.78, 5) is 0. The first-order chi connectivity index (χ1) is 6.66. The average molecular weight is 246 g/mol. The van der Waals surface area contributed by atoms with E-state index in [4.69, 9.17) is 8.85 Å². The van der Waals surface area contributed by atoms with Gasteiger partial charge in [0.15, 0.2) is 0 Å². The Morgan fingerprint density at radius 3 is 1.31 bits per heavy atom. The predicted molar refractivity (Wildman–Crippen MR) is 72.9 cm³/mol. The molecular weight excluding hydrogens is 216 g/mol. The van der Waals surface area contributed by atoms with Gasteiger partial charge in [0.2, 0.25) is 0 Å². The lowest BCUT2D eigenvalue weighted by Gasteiger charge is -2.45. The highest BCUT2D eigenvalue weighted by Crippen LogP contribution is 2.36. The van der Waals surface area contributed by atoms with Crippen LogP contribution in [0, 0.1) is 5.41 Å². The summed E-state index contributed by atoms with van der Waals surface area (Å²) in [6, 6.07) is 0. The van der Waals surface area contributed by atoms with Crippen molar-refractivity contribution in [3.8, 4) is 0 Å². The Morgan fingerprint density at radius 1 is 0.688 bits per heavy atom. The van der Waals surface area contributed by atoms with Crippen molar-refractivity contribution >= 4 is 8.56 Å². The van der Waals surface area contributed by atoms with Gasteiger partial charge in [-0.05, 0) is 53.1 Å². The van der Waals surface area contributed by atoms with E-state index in [9.17, 15) is 0 Å². The van der Waals surface area contributed by atoms with Crippen LogP contribution >= 0.6 is 0 Å². The van der Waals surface area contributed by atoms with Crippen LogP contribution in [-0.2, 0) is 8.85 Å². The second kappa shape index (κ2) is 4.43. The second-order valence-corrected chi connectivity index (χ2v) is 10.7. The van der Waals surface area contributed by atoms with E-state index in [1.807, 2.05) is 0 Å². The molecule has 0 heterocycles. The average Bonchev–Trinajstić information content (AvgIpc) is 1.72. The summed E-state index contributed by atoms with van der Waals surface area (Å²) in [5.41, 5.74) is -0.198. The maximum absolute atomic E-state index is 6.28. The lowest BCUT2D eigenvalue weighted by atomic mass is 9.79. The topological polar surface area (TPSA) is 18.5 Å². The van der Waals surface area contributed by atoms with Gasteiger partial charge in [0.25, 0.3) is 0 Å². The van der Waals surface area contributed by atoms with Gasteiger partial charge in [-0.1, -0.05) is 20.8 Å². The third-order valence-corrected chi connectivity index (χ3v) is 4.96. The summed E-state index contributed by atoms with van der Waals surface area (Å²) in [6.07, 6.45) is 0. The maximum atomic E-state index is 6.28. The van der Waals surface area contributed by atoms with Crippen LogP contribution < -0.4 is 0 Å². The van der Waals surface area contributed by atoms with Crippen molar-refractivity contribution in [3.63, 3.8) is 0 Å². The molecule has 2 nitrogen and oxygen atoms in total. The fourth-order valence-corrected chi connectivity index (χ4v) is 4.58. The van der Waals surface area contributed by atoms with Gasteiger partial charge >= 0.3 is 8.56 Å². The van der Waals surface area contributed by atoms with E-state index >= 15 is 0 Å². The zero-order valence-electron chi connectivity index (χ0n) is 12.8. The highest BCUT2D eigenvalue weighted by molar-refractivity contribution is 6.64. The molecule has 0 aliphatic heterocycles. The standard InChI is InChI=1S/C13H30O2Si/c1-11(2,3)13(7,8)15-16(9,10)14-12(4,5)6/h1-10H3. The van der Waals surface area contributed by atoms with E-state index in [0.717, 1.165) is 0 Å². The largest absolute Gasteiger partial charge is 0.390 e. The fraction of sp³-hybridized carbons (Fsp3) is 1.00. The van der Waals surface area contributed by atoms with Crippen molar-refractivity contribution in [2.75, 3.05) is 0 Å². The van der Waals surface area contributed by atoms with Crippen molar-refractivity contribution < 1.29 is 8.85 Å². The van der Waals surface area contributed by atoms with E-state index in [1.54, 1.807) is 0 Å². The first kappa shape index (κ1) is 16.1. The second-order valence-electron chi connectivity index (χ2n) is 7.48. The molecule has 0 amide bonds. The summed E-state index contributed by atoms with van der Waals surface area (Å²) >= 11 is 0. The van der Waals surface area contributed by atoms with E-state index in [-0.39, 0.29) is 16.6 Å². The first-order valence-electron chi connectivity index (χ1n) is 6.07. The molecule has 0 N–H and O–H groups in total. The van der Waals surface area contributed by atoms with Crippen LogP contribution in [-0.4, -0.2) is 19.8 Å². The Labute approximate surface area is 103 Å². The van der Waals surface area contributed by atoms with Gasteiger partial charge < -0.3 is 8.85 Å². The molecule has 0 saturated carbocycles. The lowest BCUT2D eigenvalue weighted by Crippen LogP contribution is -2.52. The van der Waals surface area contributed by atoms with Gasteiger partial charge in [-0.25, -0.2) is 0 Å². The number of hydrogen-bond acceptors (Lipinski definition) is 2. The zero-order valence-corrected chi connectivity index (χ0v) is 13.8. The van der Waals surface area contributed by atoms with Crippen LogP contribution in [0.2, 0.25) is 13.1 Å². The van der Waals surface area contributed by atoms with E-state index in [0.29, 0.717) is 0 Å². The molecule has 0 bridgehead atoms. The molecule has 98 valence electrons. The molecule has 0 unspecified atom stereocenters. The molecule has 0 aliphatic rings. The summed E-state index contributed by atoms with van der Waals surface area (Å²) in [7, 11) is -2.08. The van der Waals surface area contributed by atoms with Crippen LogP contribution in [0.25, 0.3) is 0 Å². The molecule has 0 saturated heterocycles. The van der Waals surface area contributed by atoms with E-state index in [2.05, 4.69) is 68.5 Å². The maximum Gasteiger partial charge on any atom is 0.332 e. The summed E-state index contributed by atoms with van der Waals surface area (Å²) in [6.45, 7) is 21.4. The van der Waals surface area contributed by atoms with Crippen LogP contribution in [0.1, 0.15) is 55.4 Å². The van der Waals surface area contributed by atoms with Crippen LogP contribution in [0.15, 0.2) is 0 Å². The monoisotopic (exact) mass is 246 g/mol. The normalized spacial score (nSPS) is 15.4. The van der Waals surface area contributed by atoms with Gasteiger partial charge in [0.05, 0.1) is 11.2 Å². The zero-order chi connectivity index (χ0) is 13.4. The molecule has 0 fully saturated rings. The van der Waals surface area contributed by atoms with Crippen LogP contribution in [0.5, 0.6) is 0 Å². The molecule has 3 heteroatoms. The Morgan fingerprint density at radius 2 is 1.06 bits per heavy atom. The smallest absolute Gasteiger partial charge is 0.332 e. The van der Waals surface area contributed by atoms with Crippen molar-refractivity contribution in [1.29, 1.82) is 0 Å². The Kier molecular flexibility index (Phi) is 4.47. The minimum Gasteiger partial charge on any atom is -0.390 e. The highest BCUT2D eigenvalue weighted by Gasteiger charge is 2.42. The molecule has 0 rings (SSSR count). The Bertz CT molecular complexity index is 231. The van der Waals surface area contributed by atoms with Crippen molar-refractivity contribution in [1.82, 2.24) is 0 Å². The first-order valence-corrected chi connectivity index (χ1v) is 8.88. The Balaban J connectivity index is 4.72. The summed E-state index contributed by atoms with van der Waals surface area (Å²) < 4.78 is 12.4. The fourth-order valence-electron chi connectivity index (χ4n) is 1.53. The summed E-state index contributed by atoms with van der Waals surface area (Å²) in [5, 5.41) is 0. The molecule has 16 heavy (non-hydrogen) atoms. The molecule has 0 aliphatic carbocycles. The molecule has 0 aromatic carbocycles. The van der Waals surface area contributed by atoms with Gasteiger partial charge in [-0.15, -0.1) is 0 Å². The SMILES string of the molecule is CC(C)(C)O[Si](C)(C)OC(C)(C)C(C)(C)C. The minimum absolute atomic E-state index is 0.110. The molecule has 0 atom stereocenters. The molecular formula is C13H30O2Si. The highest BCUT2D eigenvalue weighted by atomic mass is 28.4. The molecule has 0 radical (unpaired) electrons. The van der Waals surface area contributed by atoms with Crippen LogP contribution in [0.4, 0.5) is 0 Å². The van der Waals surface area contributed by atoms with E-state index < -0.39 is 8.56 Å². The van der Waals surface area contributed by atoms with Crippen molar-refractivity contribution in [2.45, 2.75) is 79.7 Å². The Hall–Kier alpha value is 0.137. The quantitative estimate of drug-likeness (QED) is 0.690. The minimum atomic E-state index is -2.08. The van der Waals surface area contributed by atoms with Gasteiger partial charge in [-0.3, -0.25) is 0 Å². The number of rotatable bonds is 3. The third kappa shape index (κ3) is 5.46. The van der Waals surface area contributed by atoms with Gasteiger partial charge in [0.1, 0.15) is 0 Å². The van der Waals surface area contributed by atoms with Gasteiger partial charge in [0, 0.05) is 0 Å². The third-order valence-electron chi connectivity index (χ3n) is 2.86. The van der Waals surface area contributed by atoms with E-state index in [1.165, 1.54) is 0 Å². The molecule has 0 spiro atoms. The summed E-state index contributed by atoms with van der Waals surface area (Å²) in [5.74, 6) is 0. The predicted octanol–water partition coefficient (Wildman–Crippen LogP) is 4.34. The molecule has 0 aromatic rings.